The van der Waals surface area contributed by atoms with Crippen LogP contribution < -0.4 is 0 Å². The number of rotatable bonds is 3. The van der Waals surface area contributed by atoms with Crippen molar-refractivity contribution in [3.8, 4) is 0 Å². The minimum atomic E-state index is -0.228. The van der Waals surface area contributed by atoms with Crippen LogP contribution in [0.3, 0.4) is 0 Å². The fourth-order valence-corrected chi connectivity index (χ4v) is 1.24. The summed E-state index contributed by atoms with van der Waals surface area (Å²) in [5.41, 5.74) is 0.965. The van der Waals surface area contributed by atoms with Crippen LogP contribution in [0.4, 0.5) is 4.39 Å². The molecule has 1 unspecified atom stereocenters. The fraction of sp³-hybridized carbons (Fsp3) is 0.455. The van der Waals surface area contributed by atoms with Gasteiger partial charge in [-0.15, -0.1) is 0 Å². The van der Waals surface area contributed by atoms with E-state index in [4.69, 9.17) is 7.85 Å². The zero-order valence-electron chi connectivity index (χ0n) is 8.18. The van der Waals surface area contributed by atoms with Gasteiger partial charge in [-0.05, 0) is 24.1 Å². The monoisotopic (exact) mass is 176 g/mol. The van der Waals surface area contributed by atoms with Crippen molar-refractivity contribution in [2.75, 3.05) is 0 Å². The largest absolute Gasteiger partial charge is 0.207 e. The summed E-state index contributed by atoms with van der Waals surface area (Å²) in [6, 6.07) is 6.62. The maximum atomic E-state index is 12.8. The molecule has 68 valence electrons. The standard InChI is InChI=1S/C11H14BF/c1-3-11(2,12)8-9-5-4-6-10(13)7-9/h4-7H,3,8H2,1-2H3. The summed E-state index contributed by atoms with van der Waals surface area (Å²) in [5.74, 6) is -0.190. The zero-order valence-corrected chi connectivity index (χ0v) is 8.18. The first-order valence-corrected chi connectivity index (χ1v) is 4.57. The van der Waals surface area contributed by atoms with Gasteiger partial charge in [0.05, 0.1) is 7.85 Å². The Bertz CT molecular complexity index is 281. The van der Waals surface area contributed by atoms with Crippen molar-refractivity contribution in [1.82, 2.24) is 0 Å². The van der Waals surface area contributed by atoms with E-state index in [1.165, 1.54) is 6.07 Å². The molecule has 0 aliphatic heterocycles. The van der Waals surface area contributed by atoms with Gasteiger partial charge in [-0.2, -0.15) is 0 Å². The van der Waals surface area contributed by atoms with Gasteiger partial charge in [0.15, 0.2) is 0 Å². The van der Waals surface area contributed by atoms with Crippen molar-refractivity contribution >= 4 is 7.85 Å². The molecule has 0 fully saturated rings. The summed E-state index contributed by atoms with van der Waals surface area (Å²) in [7, 11) is 5.98. The molecule has 2 radical (unpaired) electrons. The summed E-state index contributed by atoms with van der Waals surface area (Å²) in [5, 5.41) is -0.228. The quantitative estimate of drug-likeness (QED) is 0.620. The van der Waals surface area contributed by atoms with Crippen molar-refractivity contribution in [2.24, 2.45) is 0 Å². The Labute approximate surface area is 80.6 Å². The molecule has 0 bridgehead atoms. The molecule has 13 heavy (non-hydrogen) atoms. The molecule has 0 aliphatic rings. The zero-order chi connectivity index (χ0) is 9.90. The van der Waals surface area contributed by atoms with Crippen LogP contribution in [0, 0.1) is 5.82 Å². The highest BCUT2D eigenvalue weighted by atomic mass is 19.1. The molecule has 2 heteroatoms. The van der Waals surface area contributed by atoms with Gasteiger partial charge in [0.1, 0.15) is 5.82 Å². The second-order valence-electron chi connectivity index (χ2n) is 3.81. The Morgan fingerprint density at radius 1 is 1.46 bits per heavy atom. The van der Waals surface area contributed by atoms with Crippen molar-refractivity contribution in [3.63, 3.8) is 0 Å². The van der Waals surface area contributed by atoms with E-state index in [0.29, 0.717) is 0 Å². The second-order valence-corrected chi connectivity index (χ2v) is 3.81. The predicted molar refractivity (Wildman–Crippen MR) is 54.5 cm³/mol. The predicted octanol–water partition coefficient (Wildman–Crippen LogP) is 3.13. The highest BCUT2D eigenvalue weighted by Crippen LogP contribution is 2.29. The molecule has 1 aromatic carbocycles. The van der Waals surface area contributed by atoms with E-state index < -0.39 is 0 Å². The Morgan fingerprint density at radius 2 is 2.15 bits per heavy atom. The molecular formula is C11H14BF. The molecule has 0 amide bonds. The molecular weight excluding hydrogens is 162 g/mol. The van der Waals surface area contributed by atoms with Gasteiger partial charge in [0.25, 0.3) is 0 Å². The Morgan fingerprint density at radius 3 is 2.69 bits per heavy atom. The first-order chi connectivity index (χ1) is 6.03. The van der Waals surface area contributed by atoms with E-state index in [1.54, 1.807) is 12.1 Å². The summed E-state index contributed by atoms with van der Waals surface area (Å²) >= 11 is 0. The SMILES string of the molecule is [B]C(C)(CC)Cc1cccc(F)c1. The van der Waals surface area contributed by atoms with E-state index >= 15 is 0 Å². The molecule has 0 nitrogen and oxygen atoms in total. The lowest BCUT2D eigenvalue weighted by molar-refractivity contribution is 0.580. The topological polar surface area (TPSA) is 0 Å². The molecule has 0 aromatic heterocycles. The molecule has 0 N–H and O–H groups in total. The fourth-order valence-electron chi connectivity index (χ4n) is 1.24. The molecule has 0 heterocycles. The van der Waals surface area contributed by atoms with Crippen LogP contribution >= 0.6 is 0 Å². The van der Waals surface area contributed by atoms with Crippen LogP contribution in [0.5, 0.6) is 0 Å². The lowest BCUT2D eigenvalue weighted by Gasteiger charge is -2.22. The number of benzene rings is 1. The highest BCUT2D eigenvalue weighted by Gasteiger charge is 2.15. The summed E-state index contributed by atoms with van der Waals surface area (Å²) in [6.45, 7) is 4.03. The molecule has 1 rings (SSSR count). The van der Waals surface area contributed by atoms with Gasteiger partial charge in [-0.1, -0.05) is 37.7 Å². The lowest BCUT2D eigenvalue weighted by Crippen LogP contribution is -2.10. The van der Waals surface area contributed by atoms with Gasteiger partial charge in [0.2, 0.25) is 0 Å². The molecule has 0 aliphatic carbocycles. The van der Waals surface area contributed by atoms with Gasteiger partial charge < -0.3 is 0 Å². The Balaban J connectivity index is 2.74. The normalized spacial score (nSPS) is 15.3. The Kier molecular flexibility index (Phi) is 3.13. The third-order valence-corrected chi connectivity index (χ3v) is 2.30. The second kappa shape index (κ2) is 3.95. The average Bonchev–Trinajstić information content (AvgIpc) is 2.03. The smallest absolute Gasteiger partial charge is 0.123 e. The maximum Gasteiger partial charge on any atom is 0.123 e. The average molecular weight is 176 g/mol. The van der Waals surface area contributed by atoms with Gasteiger partial charge in [0, 0.05) is 0 Å². The van der Waals surface area contributed by atoms with Gasteiger partial charge in [-0.3, -0.25) is 0 Å². The third kappa shape index (κ3) is 3.21. The molecule has 1 atom stereocenters. The summed E-state index contributed by atoms with van der Waals surface area (Å²) < 4.78 is 12.8. The number of hydrogen-bond donors (Lipinski definition) is 0. The van der Waals surface area contributed by atoms with Crippen LogP contribution in [-0.4, -0.2) is 7.85 Å². The Hall–Kier alpha value is -0.785. The van der Waals surface area contributed by atoms with Crippen molar-refractivity contribution in [3.05, 3.63) is 35.6 Å². The first kappa shape index (κ1) is 10.3. The van der Waals surface area contributed by atoms with Gasteiger partial charge >= 0.3 is 0 Å². The van der Waals surface area contributed by atoms with Crippen molar-refractivity contribution < 1.29 is 4.39 Å². The maximum absolute atomic E-state index is 12.8. The van der Waals surface area contributed by atoms with E-state index in [1.807, 2.05) is 19.9 Å². The molecule has 0 saturated heterocycles. The molecule has 0 spiro atoms. The summed E-state index contributed by atoms with van der Waals surface area (Å²) in [4.78, 5) is 0. The van der Waals surface area contributed by atoms with Crippen LogP contribution in [0.2, 0.25) is 5.31 Å². The number of hydrogen-bond acceptors (Lipinski definition) is 0. The minimum absolute atomic E-state index is 0.190. The van der Waals surface area contributed by atoms with E-state index in [9.17, 15) is 4.39 Å². The van der Waals surface area contributed by atoms with Crippen LogP contribution in [0.15, 0.2) is 24.3 Å². The third-order valence-electron chi connectivity index (χ3n) is 2.30. The molecule has 1 aromatic rings. The van der Waals surface area contributed by atoms with Crippen molar-refractivity contribution in [2.45, 2.75) is 32.0 Å². The number of halogens is 1. The van der Waals surface area contributed by atoms with Crippen LogP contribution in [-0.2, 0) is 6.42 Å². The van der Waals surface area contributed by atoms with Crippen molar-refractivity contribution in [1.29, 1.82) is 0 Å². The van der Waals surface area contributed by atoms with E-state index in [0.717, 1.165) is 18.4 Å². The molecule has 0 saturated carbocycles. The lowest BCUT2D eigenvalue weighted by atomic mass is 9.65. The summed E-state index contributed by atoms with van der Waals surface area (Å²) in [6.07, 6.45) is 1.62. The first-order valence-electron chi connectivity index (χ1n) is 4.57. The van der Waals surface area contributed by atoms with Crippen LogP contribution in [0.25, 0.3) is 0 Å². The van der Waals surface area contributed by atoms with Gasteiger partial charge in [-0.25, -0.2) is 4.39 Å². The van der Waals surface area contributed by atoms with E-state index in [-0.39, 0.29) is 11.1 Å². The van der Waals surface area contributed by atoms with Crippen LogP contribution in [0.1, 0.15) is 25.8 Å². The highest BCUT2D eigenvalue weighted by molar-refractivity contribution is 6.14. The minimum Gasteiger partial charge on any atom is -0.207 e. The van der Waals surface area contributed by atoms with E-state index in [2.05, 4.69) is 0 Å².